The first kappa shape index (κ1) is 29.0. The molecule has 0 radical (unpaired) electrons. The van der Waals surface area contributed by atoms with Crippen molar-refractivity contribution in [3.05, 3.63) is 0 Å². The van der Waals surface area contributed by atoms with Gasteiger partial charge in [-0.3, -0.25) is 0 Å². The molecule has 0 aromatic heterocycles. The Bertz CT molecular complexity index is 734. The van der Waals surface area contributed by atoms with E-state index in [0.717, 1.165) is 11.9 Å². The highest BCUT2D eigenvalue weighted by molar-refractivity contribution is 5.81. The minimum atomic E-state index is 0.412. The van der Waals surface area contributed by atoms with Gasteiger partial charge in [-0.2, -0.15) is 0 Å². The summed E-state index contributed by atoms with van der Waals surface area (Å²) in [7, 11) is 0. The predicted octanol–water partition coefficient (Wildman–Crippen LogP) is 6.94. The van der Waals surface area contributed by atoms with Crippen LogP contribution in [0, 0.1) is 5.92 Å². The number of nitrogens with zero attached hydrogens (tertiary/aromatic N) is 2. The summed E-state index contributed by atoms with van der Waals surface area (Å²) in [6.07, 6.45) is 30.3. The van der Waals surface area contributed by atoms with Gasteiger partial charge in [0.2, 0.25) is 0 Å². The zero-order chi connectivity index (χ0) is 26.7. The third-order valence-corrected chi connectivity index (χ3v) is 10.5. The van der Waals surface area contributed by atoms with Crippen molar-refractivity contribution in [2.75, 3.05) is 0 Å². The molecule has 5 saturated carbocycles. The Labute approximate surface area is 239 Å². The molecule has 0 saturated heterocycles. The summed E-state index contributed by atoms with van der Waals surface area (Å²) >= 11 is 0. The van der Waals surface area contributed by atoms with Crippen LogP contribution >= 0.6 is 0 Å². The van der Waals surface area contributed by atoms with Crippen molar-refractivity contribution in [1.82, 2.24) is 21.3 Å². The summed E-state index contributed by atoms with van der Waals surface area (Å²) in [5, 5.41) is 15.6. The van der Waals surface area contributed by atoms with Gasteiger partial charge < -0.3 is 21.3 Å². The van der Waals surface area contributed by atoms with E-state index >= 15 is 0 Å². The zero-order valence-electron chi connectivity index (χ0n) is 25.2. The lowest BCUT2D eigenvalue weighted by atomic mass is 9.83. The smallest absolute Gasteiger partial charge is 0.191 e. The molecule has 6 nitrogen and oxygen atoms in total. The van der Waals surface area contributed by atoms with Crippen molar-refractivity contribution in [2.24, 2.45) is 15.9 Å². The Hall–Kier alpha value is -1.46. The summed E-state index contributed by atoms with van der Waals surface area (Å²) < 4.78 is 0. The maximum absolute atomic E-state index is 5.43. The number of hydrogen-bond acceptors (Lipinski definition) is 2. The van der Waals surface area contributed by atoms with E-state index in [4.69, 9.17) is 9.98 Å². The van der Waals surface area contributed by atoms with Crippen LogP contribution in [0.25, 0.3) is 0 Å². The van der Waals surface area contributed by atoms with Crippen molar-refractivity contribution in [3.63, 3.8) is 0 Å². The number of guanidine groups is 2. The molecule has 0 amide bonds. The van der Waals surface area contributed by atoms with Crippen molar-refractivity contribution in [3.8, 4) is 0 Å². The summed E-state index contributed by atoms with van der Waals surface area (Å²) in [4.78, 5) is 10.7. The number of rotatable bonds is 6. The Kier molecular flexibility index (Phi) is 11.6. The summed E-state index contributed by atoms with van der Waals surface area (Å²) in [5.41, 5.74) is 0. The highest BCUT2D eigenvalue weighted by atomic mass is 15.2. The molecule has 0 bridgehead atoms. The lowest BCUT2D eigenvalue weighted by Gasteiger charge is -2.36. The van der Waals surface area contributed by atoms with E-state index in [-0.39, 0.29) is 0 Å². The molecule has 222 valence electrons. The van der Waals surface area contributed by atoms with Crippen molar-refractivity contribution in [1.29, 1.82) is 0 Å². The Morgan fingerprint density at radius 2 is 0.846 bits per heavy atom. The van der Waals surface area contributed by atoms with E-state index in [1.807, 2.05) is 0 Å². The molecule has 5 aliphatic rings. The molecule has 0 aromatic carbocycles. The van der Waals surface area contributed by atoms with E-state index in [0.29, 0.717) is 42.2 Å². The van der Waals surface area contributed by atoms with Gasteiger partial charge in [0.1, 0.15) is 0 Å². The zero-order valence-corrected chi connectivity index (χ0v) is 25.2. The van der Waals surface area contributed by atoms with Crippen molar-refractivity contribution >= 4 is 11.9 Å². The van der Waals surface area contributed by atoms with Crippen LogP contribution in [-0.2, 0) is 0 Å². The van der Waals surface area contributed by atoms with Crippen molar-refractivity contribution < 1.29 is 0 Å². The van der Waals surface area contributed by atoms with Gasteiger partial charge in [-0.1, -0.05) is 84.0 Å². The molecule has 5 fully saturated rings. The fraction of sp³-hybridized carbons (Fsp3) is 0.939. The highest BCUT2D eigenvalue weighted by Gasteiger charge is 2.30. The molecule has 39 heavy (non-hydrogen) atoms. The predicted molar refractivity (Wildman–Crippen MR) is 165 cm³/mol. The average molecular weight is 541 g/mol. The van der Waals surface area contributed by atoms with Crippen molar-refractivity contribution in [2.45, 2.75) is 191 Å². The second-order valence-corrected chi connectivity index (χ2v) is 13.9. The fourth-order valence-corrected chi connectivity index (χ4v) is 8.01. The van der Waals surface area contributed by atoms with Crippen LogP contribution < -0.4 is 21.3 Å². The molecule has 6 heteroatoms. The minimum Gasteiger partial charge on any atom is -0.354 e. The molecule has 5 rings (SSSR count). The maximum Gasteiger partial charge on any atom is 0.191 e. The molecule has 5 aliphatic carbocycles. The van der Waals surface area contributed by atoms with Crippen LogP contribution in [-0.4, -0.2) is 48.2 Å². The van der Waals surface area contributed by atoms with Crippen LogP contribution in [0.4, 0.5) is 0 Å². The molecule has 0 aliphatic heterocycles. The average Bonchev–Trinajstić information content (AvgIpc) is 2.97. The van der Waals surface area contributed by atoms with E-state index in [9.17, 15) is 0 Å². The first-order chi connectivity index (χ1) is 19.2. The maximum atomic E-state index is 5.43. The van der Waals surface area contributed by atoms with Gasteiger partial charge in [-0.05, 0) is 76.5 Å². The molecule has 0 aromatic rings. The van der Waals surface area contributed by atoms with Crippen LogP contribution in [0.5, 0.6) is 0 Å². The topological polar surface area (TPSA) is 72.8 Å². The molecule has 3 unspecified atom stereocenters. The lowest BCUT2D eigenvalue weighted by molar-refractivity contribution is 0.281. The van der Waals surface area contributed by atoms with Gasteiger partial charge in [0.15, 0.2) is 11.9 Å². The van der Waals surface area contributed by atoms with Gasteiger partial charge in [0.05, 0.1) is 12.1 Å². The molecular weight excluding hydrogens is 480 g/mol. The summed E-state index contributed by atoms with van der Waals surface area (Å²) in [5.74, 6) is 2.82. The standard InChI is InChI=1S/C33H60N6/c1-25-24-30(38-32(34-26-14-6-2-7-15-26)35-27-16-8-3-9-17-27)22-23-31(25)39-33(36-28-18-10-4-11-19-28)37-29-20-12-5-13-21-29/h25-31H,2-24H2,1H3,(H2,34,35,38)(H2,36,37,39). The monoisotopic (exact) mass is 540 g/mol. The Morgan fingerprint density at radius 3 is 1.31 bits per heavy atom. The highest BCUT2D eigenvalue weighted by Crippen LogP contribution is 2.28. The van der Waals surface area contributed by atoms with E-state index < -0.39 is 0 Å². The minimum absolute atomic E-state index is 0.412. The molecule has 0 spiro atoms. The lowest BCUT2D eigenvalue weighted by Crippen LogP contribution is -2.51. The molecular formula is C33H60N6. The molecule has 0 heterocycles. The normalized spacial score (nSPS) is 30.9. The van der Waals surface area contributed by atoms with E-state index in [1.165, 1.54) is 148 Å². The first-order valence-corrected chi connectivity index (χ1v) is 17.4. The van der Waals surface area contributed by atoms with Crippen LogP contribution in [0.15, 0.2) is 9.98 Å². The second-order valence-electron chi connectivity index (χ2n) is 13.9. The first-order valence-electron chi connectivity index (χ1n) is 17.4. The van der Waals surface area contributed by atoms with Gasteiger partial charge >= 0.3 is 0 Å². The largest absolute Gasteiger partial charge is 0.354 e. The van der Waals surface area contributed by atoms with Gasteiger partial charge in [0, 0.05) is 24.2 Å². The fourth-order valence-electron chi connectivity index (χ4n) is 8.01. The molecule has 4 N–H and O–H groups in total. The van der Waals surface area contributed by atoms with Crippen LogP contribution in [0.2, 0.25) is 0 Å². The van der Waals surface area contributed by atoms with Gasteiger partial charge in [0.25, 0.3) is 0 Å². The Morgan fingerprint density at radius 1 is 0.436 bits per heavy atom. The summed E-state index contributed by atoms with van der Waals surface area (Å²) in [6, 6.07) is 3.24. The quantitative estimate of drug-likeness (QED) is 0.217. The summed E-state index contributed by atoms with van der Waals surface area (Å²) in [6.45, 7) is 2.44. The number of aliphatic imine (C=N–C) groups is 2. The third kappa shape index (κ3) is 9.56. The van der Waals surface area contributed by atoms with Gasteiger partial charge in [-0.15, -0.1) is 0 Å². The van der Waals surface area contributed by atoms with Gasteiger partial charge in [-0.25, -0.2) is 9.98 Å². The van der Waals surface area contributed by atoms with Crippen LogP contribution in [0.1, 0.15) is 155 Å². The molecule has 3 atom stereocenters. The van der Waals surface area contributed by atoms with E-state index in [1.54, 1.807) is 0 Å². The third-order valence-electron chi connectivity index (χ3n) is 10.5. The second kappa shape index (κ2) is 15.5. The van der Waals surface area contributed by atoms with E-state index in [2.05, 4.69) is 28.2 Å². The number of hydrogen-bond donors (Lipinski definition) is 4. The van der Waals surface area contributed by atoms with Crippen LogP contribution in [0.3, 0.4) is 0 Å². The number of nitrogens with one attached hydrogen (secondary N) is 4. The SMILES string of the molecule is CC1CC(NC(=NC2CCCCC2)NC2CCCCC2)CCC1N=C(NC1CCCCC1)NC1CCCCC1. The Balaban J connectivity index is 1.19.